The van der Waals surface area contributed by atoms with E-state index in [0.29, 0.717) is 12.1 Å². The summed E-state index contributed by atoms with van der Waals surface area (Å²) in [7, 11) is 0. The highest BCUT2D eigenvalue weighted by Gasteiger charge is 2.02. The van der Waals surface area contributed by atoms with Crippen molar-refractivity contribution in [3.63, 3.8) is 0 Å². The van der Waals surface area contributed by atoms with Gasteiger partial charge in [0.15, 0.2) is 0 Å². The molecule has 0 fully saturated rings. The second-order valence-electron chi connectivity index (χ2n) is 3.57. The summed E-state index contributed by atoms with van der Waals surface area (Å²) in [6.07, 6.45) is 0. The van der Waals surface area contributed by atoms with Crippen LogP contribution in [0.2, 0.25) is 0 Å². The van der Waals surface area contributed by atoms with E-state index < -0.39 is 0 Å². The number of halogens is 1. The van der Waals surface area contributed by atoms with Crippen LogP contribution in [0.4, 0.5) is 0 Å². The zero-order valence-corrected chi connectivity index (χ0v) is 10.4. The molecule has 0 bridgehead atoms. The van der Waals surface area contributed by atoms with E-state index in [4.69, 9.17) is 5.26 Å². The molecule has 0 saturated carbocycles. The van der Waals surface area contributed by atoms with Crippen LogP contribution < -0.4 is 0 Å². The quantitative estimate of drug-likeness (QED) is 0.846. The first kappa shape index (κ1) is 10.9. The van der Waals surface area contributed by atoms with Crippen molar-refractivity contribution >= 4 is 15.9 Å². The van der Waals surface area contributed by atoms with Crippen LogP contribution in [-0.4, -0.2) is 9.78 Å². The van der Waals surface area contributed by atoms with Crippen molar-refractivity contribution in [3.05, 3.63) is 51.8 Å². The lowest BCUT2D eigenvalue weighted by Gasteiger charge is -2.03. The monoisotopic (exact) mass is 275 g/mol. The maximum Gasteiger partial charge on any atom is 0.104 e. The molecule has 3 nitrogen and oxygen atoms in total. The lowest BCUT2D eigenvalue weighted by molar-refractivity contribution is 0.665. The first-order valence-corrected chi connectivity index (χ1v) is 5.67. The Balaban J connectivity index is 2.21. The summed E-state index contributed by atoms with van der Waals surface area (Å²) in [5.41, 5.74) is 2.79. The fourth-order valence-corrected chi connectivity index (χ4v) is 2.02. The summed E-state index contributed by atoms with van der Waals surface area (Å²) in [5, 5.41) is 13.0. The van der Waals surface area contributed by atoms with Crippen molar-refractivity contribution in [3.8, 4) is 6.07 Å². The third kappa shape index (κ3) is 2.31. The minimum Gasteiger partial charge on any atom is -0.254 e. The van der Waals surface area contributed by atoms with Crippen molar-refractivity contribution < 1.29 is 0 Å². The van der Waals surface area contributed by atoms with E-state index in [1.807, 2.05) is 41.9 Å². The van der Waals surface area contributed by atoms with Crippen molar-refractivity contribution in [2.75, 3.05) is 0 Å². The highest BCUT2D eigenvalue weighted by molar-refractivity contribution is 9.10. The number of nitriles is 1. The molecule has 0 atom stereocenters. The van der Waals surface area contributed by atoms with E-state index in [9.17, 15) is 0 Å². The van der Waals surface area contributed by atoms with Crippen LogP contribution in [0.3, 0.4) is 0 Å². The second-order valence-corrected chi connectivity index (χ2v) is 4.39. The summed E-state index contributed by atoms with van der Waals surface area (Å²) in [6.45, 7) is 2.67. The predicted molar refractivity (Wildman–Crippen MR) is 64.9 cm³/mol. The summed E-state index contributed by atoms with van der Waals surface area (Å²) < 4.78 is 2.85. The van der Waals surface area contributed by atoms with Crippen molar-refractivity contribution in [2.45, 2.75) is 13.5 Å². The van der Waals surface area contributed by atoms with Gasteiger partial charge in [-0.05, 0) is 46.6 Å². The molecular formula is C12H10BrN3. The van der Waals surface area contributed by atoms with E-state index >= 15 is 0 Å². The zero-order valence-electron chi connectivity index (χ0n) is 8.81. The zero-order chi connectivity index (χ0) is 11.5. The van der Waals surface area contributed by atoms with E-state index in [2.05, 4.69) is 27.1 Å². The van der Waals surface area contributed by atoms with Crippen LogP contribution in [0.15, 0.2) is 34.9 Å². The molecule has 4 heteroatoms. The molecule has 16 heavy (non-hydrogen) atoms. The number of aromatic nitrogens is 2. The normalized spacial score (nSPS) is 10.1. The molecule has 80 valence electrons. The molecule has 2 rings (SSSR count). The molecule has 0 aliphatic carbocycles. The van der Waals surface area contributed by atoms with E-state index in [1.165, 1.54) is 0 Å². The number of benzene rings is 1. The Hall–Kier alpha value is -1.60. The predicted octanol–water partition coefficient (Wildman–Crippen LogP) is 2.87. The largest absolute Gasteiger partial charge is 0.254 e. The van der Waals surface area contributed by atoms with Gasteiger partial charge in [0.25, 0.3) is 0 Å². The number of nitrogens with zero attached hydrogens (tertiary/aromatic N) is 3. The smallest absolute Gasteiger partial charge is 0.104 e. The van der Waals surface area contributed by atoms with Crippen molar-refractivity contribution in [1.82, 2.24) is 9.78 Å². The van der Waals surface area contributed by atoms with Crippen molar-refractivity contribution in [1.29, 1.82) is 5.26 Å². The molecule has 2 aromatic rings. The number of hydrogen-bond acceptors (Lipinski definition) is 2. The van der Waals surface area contributed by atoms with Gasteiger partial charge in [0, 0.05) is 0 Å². The summed E-state index contributed by atoms with van der Waals surface area (Å²) in [5.74, 6) is 0. The SMILES string of the molecule is Cc1cc(Br)n(Cc2ccc(C#N)cc2)n1. The maximum absolute atomic E-state index is 8.69. The van der Waals surface area contributed by atoms with Gasteiger partial charge in [0.2, 0.25) is 0 Å². The number of hydrogen-bond donors (Lipinski definition) is 0. The van der Waals surface area contributed by atoms with Gasteiger partial charge in [-0.3, -0.25) is 4.68 Å². The minimum atomic E-state index is 0.680. The first-order chi connectivity index (χ1) is 7.69. The molecule has 0 aliphatic rings. The van der Waals surface area contributed by atoms with Crippen LogP contribution in [0.25, 0.3) is 0 Å². The van der Waals surface area contributed by atoms with E-state index in [-0.39, 0.29) is 0 Å². The summed E-state index contributed by atoms with van der Waals surface area (Å²) in [6, 6.07) is 11.6. The summed E-state index contributed by atoms with van der Waals surface area (Å²) in [4.78, 5) is 0. The van der Waals surface area contributed by atoms with Gasteiger partial charge in [-0.15, -0.1) is 0 Å². The fraction of sp³-hybridized carbons (Fsp3) is 0.167. The molecule has 1 heterocycles. The Morgan fingerprint density at radius 2 is 2.06 bits per heavy atom. The van der Waals surface area contributed by atoms with Gasteiger partial charge in [-0.25, -0.2) is 0 Å². The molecule has 0 spiro atoms. The van der Waals surface area contributed by atoms with Gasteiger partial charge in [0.1, 0.15) is 4.60 Å². The average Bonchev–Trinajstić information content (AvgIpc) is 2.59. The van der Waals surface area contributed by atoms with Crippen molar-refractivity contribution in [2.24, 2.45) is 0 Å². The average molecular weight is 276 g/mol. The van der Waals surface area contributed by atoms with Gasteiger partial charge >= 0.3 is 0 Å². The van der Waals surface area contributed by atoms with Crippen LogP contribution >= 0.6 is 15.9 Å². The summed E-state index contributed by atoms with van der Waals surface area (Å²) >= 11 is 3.45. The third-order valence-electron chi connectivity index (χ3n) is 2.27. The Morgan fingerprint density at radius 3 is 2.56 bits per heavy atom. The highest BCUT2D eigenvalue weighted by atomic mass is 79.9. The van der Waals surface area contributed by atoms with Crippen LogP contribution in [0.5, 0.6) is 0 Å². The lowest BCUT2D eigenvalue weighted by Crippen LogP contribution is -2.02. The Kier molecular flexibility index (Phi) is 3.07. The third-order valence-corrected chi connectivity index (χ3v) is 2.91. The molecule has 0 N–H and O–H groups in total. The molecule has 1 aromatic heterocycles. The molecule has 0 radical (unpaired) electrons. The molecule has 0 unspecified atom stereocenters. The van der Waals surface area contributed by atoms with Gasteiger partial charge in [-0.1, -0.05) is 12.1 Å². The Morgan fingerprint density at radius 1 is 1.38 bits per heavy atom. The molecule has 0 amide bonds. The molecular weight excluding hydrogens is 266 g/mol. The highest BCUT2D eigenvalue weighted by Crippen LogP contribution is 2.14. The van der Waals surface area contributed by atoms with E-state index in [1.54, 1.807) is 0 Å². The van der Waals surface area contributed by atoms with Gasteiger partial charge in [0.05, 0.1) is 23.9 Å². The Bertz CT molecular complexity index is 534. The molecule has 0 aliphatic heterocycles. The van der Waals surface area contributed by atoms with E-state index in [0.717, 1.165) is 15.9 Å². The van der Waals surface area contributed by atoms with Crippen LogP contribution in [-0.2, 0) is 6.54 Å². The number of rotatable bonds is 2. The fourth-order valence-electron chi connectivity index (χ4n) is 1.48. The molecule has 0 saturated heterocycles. The maximum atomic E-state index is 8.69. The lowest BCUT2D eigenvalue weighted by atomic mass is 10.1. The number of aryl methyl sites for hydroxylation is 1. The topological polar surface area (TPSA) is 41.6 Å². The van der Waals surface area contributed by atoms with Gasteiger partial charge < -0.3 is 0 Å². The van der Waals surface area contributed by atoms with Crippen LogP contribution in [0.1, 0.15) is 16.8 Å². The second kappa shape index (κ2) is 4.50. The first-order valence-electron chi connectivity index (χ1n) is 4.88. The van der Waals surface area contributed by atoms with Crippen LogP contribution in [0, 0.1) is 18.3 Å². The molecule has 1 aromatic carbocycles. The standard InChI is InChI=1S/C12H10BrN3/c1-9-6-12(13)16(15-9)8-11-4-2-10(7-14)3-5-11/h2-6H,8H2,1H3. The minimum absolute atomic E-state index is 0.680. The van der Waals surface area contributed by atoms with Gasteiger partial charge in [-0.2, -0.15) is 10.4 Å². The Labute approximate surface area is 102 Å².